The van der Waals surface area contributed by atoms with Crippen molar-refractivity contribution in [1.82, 2.24) is 4.23 Å². The van der Waals surface area contributed by atoms with Crippen molar-refractivity contribution in [2.75, 3.05) is 14.2 Å². The van der Waals surface area contributed by atoms with E-state index in [0.717, 1.165) is 0 Å². The van der Waals surface area contributed by atoms with Gasteiger partial charge in [0, 0.05) is 19.9 Å². The maximum Gasteiger partial charge on any atom is 0.337 e. The van der Waals surface area contributed by atoms with Crippen molar-refractivity contribution in [3.05, 3.63) is 0 Å². The van der Waals surface area contributed by atoms with Crippen LogP contribution in [0.1, 0.15) is 19.8 Å². The third-order valence-corrected chi connectivity index (χ3v) is 13.5. The molecule has 0 radical (unpaired) electrons. The van der Waals surface area contributed by atoms with E-state index in [1.807, 2.05) is 14.2 Å². The normalized spacial score (nSPS) is 15.5. The number of hydrogen-bond acceptors (Lipinski definition) is 3. The first kappa shape index (κ1) is 18.5. The average Bonchev–Trinajstić information content (AvgIpc) is 2.15. The van der Waals surface area contributed by atoms with Gasteiger partial charge in [0.2, 0.25) is 0 Å². The van der Waals surface area contributed by atoms with Crippen molar-refractivity contribution >= 4 is 25.8 Å². The van der Waals surface area contributed by atoms with Crippen molar-refractivity contribution in [3.63, 3.8) is 0 Å². The minimum absolute atomic E-state index is 0.531. The highest BCUT2D eigenvalue weighted by Crippen LogP contribution is 2.27. The van der Waals surface area contributed by atoms with Crippen LogP contribution in [0, 0.1) is 0 Å². The van der Waals surface area contributed by atoms with Crippen molar-refractivity contribution in [1.29, 1.82) is 0 Å². The molecule has 0 saturated carbocycles. The van der Waals surface area contributed by atoms with Crippen molar-refractivity contribution in [2.45, 2.75) is 64.7 Å². The molecule has 6 heteroatoms. The topological polar surface area (TPSA) is 21.7 Å². The van der Waals surface area contributed by atoms with Gasteiger partial charge in [-0.2, -0.15) is 0 Å². The lowest BCUT2D eigenvalue weighted by atomic mass is 10.3. The van der Waals surface area contributed by atoms with Crippen LogP contribution >= 0.6 is 0 Å². The Balaban J connectivity index is 5.36. The van der Waals surface area contributed by atoms with Crippen molar-refractivity contribution < 1.29 is 8.85 Å². The molecule has 0 aromatic heterocycles. The Hall–Kier alpha value is 0.531. The Kier molecular flexibility index (Phi) is 7.57. The summed E-state index contributed by atoms with van der Waals surface area (Å²) in [5, 5.41) is 0. The highest BCUT2D eigenvalue weighted by Gasteiger charge is 2.43. The molecule has 0 heterocycles. The van der Waals surface area contributed by atoms with Crippen LogP contribution in [0.15, 0.2) is 0 Å². The SMILES string of the molecule is CCCC(N([Si](C)(C)C)[Si](C)(C)C)[SiH](OC)OC. The highest BCUT2D eigenvalue weighted by atomic mass is 28.4. The Labute approximate surface area is 118 Å². The molecular weight excluding hydrogens is 274 g/mol. The third-order valence-electron chi connectivity index (χ3n) is 3.14. The second kappa shape index (κ2) is 7.35. The summed E-state index contributed by atoms with van der Waals surface area (Å²) in [4.78, 5) is 0. The van der Waals surface area contributed by atoms with Crippen LogP contribution in [0.4, 0.5) is 0 Å². The minimum atomic E-state index is -1.59. The Morgan fingerprint density at radius 2 is 1.33 bits per heavy atom. The van der Waals surface area contributed by atoms with Gasteiger partial charge in [-0.15, -0.1) is 0 Å². The van der Waals surface area contributed by atoms with Gasteiger partial charge in [-0.25, -0.2) is 0 Å². The predicted molar refractivity (Wildman–Crippen MR) is 88.4 cm³/mol. The summed E-state index contributed by atoms with van der Waals surface area (Å²) >= 11 is 0. The summed E-state index contributed by atoms with van der Waals surface area (Å²) in [6.07, 6.45) is 2.40. The molecule has 1 unspecified atom stereocenters. The van der Waals surface area contributed by atoms with Gasteiger partial charge >= 0.3 is 9.28 Å². The smallest absolute Gasteiger partial charge is 0.337 e. The summed E-state index contributed by atoms with van der Waals surface area (Å²) in [7, 11) is -0.652. The van der Waals surface area contributed by atoms with Crippen molar-refractivity contribution in [2.24, 2.45) is 0 Å². The van der Waals surface area contributed by atoms with Gasteiger partial charge in [-0.3, -0.25) is 0 Å². The van der Waals surface area contributed by atoms with E-state index < -0.39 is 25.8 Å². The van der Waals surface area contributed by atoms with E-state index in [9.17, 15) is 0 Å². The van der Waals surface area contributed by atoms with Gasteiger partial charge < -0.3 is 13.1 Å². The molecule has 3 nitrogen and oxygen atoms in total. The molecule has 0 aliphatic carbocycles. The van der Waals surface area contributed by atoms with Crippen molar-refractivity contribution in [3.8, 4) is 0 Å². The number of hydrogen-bond donors (Lipinski definition) is 0. The van der Waals surface area contributed by atoms with E-state index in [4.69, 9.17) is 8.85 Å². The lowest BCUT2D eigenvalue weighted by molar-refractivity contribution is 0.245. The summed E-state index contributed by atoms with van der Waals surface area (Å²) < 4.78 is 14.3. The lowest BCUT2D eigenvalue weighted by Gasteiger charge is -2.49. The van der Waals surface area contributed by atoms with Crippen LogP contribution in [-0.4, -0.2) is 49.9 Å². The number of nitrogens with zero attached hydrogens (tertiary/aromatic N) is 1. The standard InChI is InChI=1S/C12H33NO2Si3/c1-10-11-12(16(14-2)15-3)13(17(4,5)6)18(7,8)9/h12,16H,10-11H2,1-9H3. The zero-order valence-corrected chi connectivity index (χ0v) is 17.0. The molecule has 110 valence electrons. The van der Waals surface area contributed by atoms with Crippen LogP contribution in [0.2, 0.25) is 39.3 Å². The predicted octanol–water partition coefficient (Wildman–Crippen LogP) is 3.18. The van der Waals surface area contributed by atoms with Crippen LogP contribution in [-0.2, 0) is 8.85 Å². The lowest BCUT2D eigenvalue weighted by Crippen LogP contribution is -2.67. The fourth-order valence-corrected chi connectivity index (χ4v) is 18.5. The molecule has 1 atom stereocenters. The summed E-state index contributed by atoms with van der Waals surface area (Å²) in [5.74, 6) is 0. The molecule has 0 rings (SSSR count). The Morgan fingerprint density at radius 3 is 1.56 bits per heavy atom. The average molecular weight is 308 g/mol. The zero-order chi connectivity index (χ0) is 14.6. The van der Waals surface area contributed by atoms with E-state index in [1.165, 1.54) is 12.8 Å². The molecule has 0 saturated heterocycles. The van der Waals surface area contributed by atoms with Crippen LogP contribution in [0.3, 0.4) is 0 Å². The maximum atomic E-state index is 5.70. The third kappa shape index (κ3) is 5.26. The van der Waals surface area contributed by atoms with E-state index in [1.54, 1.807) is 0 Å². The second-order valence-corrected chi connectivity index (χ2v) is 19.5. The van der Waals surface area contributed by atoms with Gasteiger partial charge in [-0.1, -0.05) is 52.6 Å². The molecule has 0 aromatic carbocycles. The quantitative estimate of drug-likeness (QED) is 0.643. The second-order valence-electron chi connectivity index (χ2n) is 6.91. The Morgan fingerprint density at radius 1 is 0.944 bits per heavy atom. The van der Waals surface area contributed by atoms with Crippen LogP contribution in [0.5, 0.6) is 0 Å². The van der Waals surface area contributed by atoms with Gasteiger partial charge in [0.15, 0.2) is 0 Å². The molecule has 0 aromatic rings. The van der Waals surface area contributed by atoms with Crippen LogP contribution < -0.4 is 0 Å². The molecule has 18 heavy (non-hydrogen) atoms. The highest BCUT2D eigenvalue weighted by molar-refractivity contribution is 6.90. The van der Waals surface area contributed by atoms with Crippen LogP contribution in [0.25, 0.3) is 0 Å². The van der Waals surface area contributed by atoms with E-state index >= 15 is 0 Å². The first-order valence-electron chi connectivity index (χ1n) is 6.94. The Bertz CT molecular complexity index is 220. The van der Waals surface area contributed by atoms with Gasteiger partial charge in [0.1, 0.15) is 16.5 Å². The number of rotatable bonds is 8. The van der Waals surface area contributed by atoms with E-state index in [0.29, 0.717) is 5.67 Å². The van der Waals surface area contributed by atoms with Gasteiger partial charge in [0.25, 0.3) is 0 Å². The first-order chi connectivity index (χ1) is 8.09. The molecule has 0 N–H and O–H groups in total. The molecule has 0 aliphatic rings. The molecule has 0 aliphatic heterocycles. The largest absolute Gasteiger partial charge is 0.399 e. The van der Waals surface area contributed by atoms with E-state index in [2.05, 4.69) is 50.4 Å². The monoisotopic (exact) mass is 307 g/mol. The summed E-state index contributed by atoms with van der Waals surface area (Å²) in [6.45, 7) is 17.0. The minimum Gasteiger partial charge on any atom is -0.399 e. The van der Waals surface area contributed by atoms with Gasteiger partial charge in [-0.05, 0) is 6.42 Å². The zero-order valence-electron chi connectivity index (χ0n) is 13.8. The maximum absolute atomic E-state index is 5.70. The first-order valence-corrected chi connectivity index (χ1v) is 15.4. The molecule has 0 fully saturated rings. The molecule has 0 bridgehead atoms. The molecular formula is C12H33NO2Si3. The fourth-order valence-electron chi connectivity index (χ4n) is 3.09. The summed E-state index contributed by atoms with van der Waals surface area (Å²) in [6, 6.07) is 0. The summed E-state index contributed by atoms with van der Waals surface area (Å²) in [5.41, 5.74) is 0.531. The molecule has 0 amide bonds. The van der Waals surface area contributed by atoms with E-state index in [-0.39, 0.29) is 0 Å². The molecule has 0 spiro atoms. The van der Waals surface area contributed by atoms with Gasteiger partial charge in [0.05, 0.1) is 0 Å². The fraction of sp³-hybridized carbons (Fsp3) is 1.00.